The molecule has 13 heteroatoms. The van der Waals surface area contributed by atoms with Gasteiger partial charge in [0.1, 0.15) is 17.8 Å². The zero-order chi connectivity index (χ0) is 28.4. The molecule has 210 valence electrons. The number of anilines is 2. The lowest BCUT2D eigenvalue weighted by molar-refractivity contribution is -0.120. The molecular weight excluding hydrogens is 521 g/mol. The van der Waals surface area contributed by atoms with Crippen molar-refractivity contribution < 1.29 is 23.1 Å². The van der Waals surface area contributed by atoms with Gasteiger partial charge >= 0.3 is 5.63 Å². The van der Waals surface area contributed by atoms with Crippen LogP contribution in [-0.4, -0.2) is 71.5 Å². The number of amides is 2. The molecule has 1 unspecified atom stereocenters. The molecule has 0 bridgehead atoms. The number of benzene rings is 1. The molecule has 2 amide bonds. The molecule has 1 aromatic carbocycles. The predicted octanol–water partition coefficient (Wildman–Crippen LogP) is 1.40. The number of hydrogen-bond donors (Lipinski definition) is 3. The Labute approximate surface area is 229 Å². The van der Waals surface area contributed by atoms with Crippen LogP contribution in [0.1, 0.15) is 23.7 Å². The summed E-state index contributed by atoms with van der Waals surface area (Å²) in [5.41, 5.74) is 2.07. The Kier molecular flexibility index (Phi) is 7.85. The van der Waals surface area contributed by atoms with Crippen LogP contribution in [0.15, 0.2) is 33.8 Å². The topological polar surface area (TPSA) is 152 Å². The van der Waals surface area contributed by atoms with E-state index in [9.17, 15) is 18.8 Å². The SMILES string of the molecule is C[C@H](C(=O)Nc1cc(F)c2c(c1)CC(CNCCc1coc(=O)c(-c3cnc4c(n3)NC(=O)CO4)n1)C2)N(C)C. The summed E-state index contributed by atoms with van der Waals surface area (Å²) in [5.74, 6) is -0.366. The third-order valence-electron chi connectivity index (χ3n) is 7.03. The molecular formula is C27H30FN7O5. The Morgan fingerprint density at radius 2 is 2.08 bits per heavy atom. The van der Waals surface area contributed by atoms with Gasteiger partial charge < -0.3 is 25.1 Å². The lowest BCUT2D eigenvalue weighted by atomic mass is 10.1. The van der Waals surface area contributed by atoms with E-state index in [1.54, 1.807) is 11.8 Å². The number of nitrogens with one attached hydrogen (secondary N) is 3. The quantitative estimate of drug-likeness (QED) is 0.333. The first-order valence-electron chi connectivity index (χ1n) is 13.0. The molecule has 3 heterocycles. The van der Waals surface area contributed by atoms with Gasteiger partial charge in [-0.3, -0.25) is 14.5 Å². The summed E-state index contributed by atoms with van der Waals surface area (Å²) in [7, 11) is 3.63. The normalized spacial score (nSPS) is 16.6. The van der Waals surface area contributed by atoms with Gasteiger partial charge in [-0.1, -0.05) is 0 Å². The van der Waals surface area contributed by atoms with Crippen LogP contribution in [0.5, 0.6) is 5.88 Å². The van der Waals surface area contributed by atoms with Crippen LogP contribution < -0.4 is 26.3 Å². The molecule has 2 aromatic heterocycles. The molecule has 12 nitrogen and oxygen atoms in total. The van der Waals surface area contributed by atoms with Crippen LogP contribution in [0.25, 0.3) is 11.4 Å². The second kappa shape index (κ2) is 11.5. The van der Waals surface area contributed by atoms with Crippen LogP contribution in [0.3, 0.4) is 0 Å². The summed E-state index contributed by atoms with van der Waals surface area (Å²) in [4.78, 5) is 50.8. The lowest BCUT2D eigenvalue weighted by Gasteiger charge is -2.19. The van der Waals surface area contributed by atoms with E-state index in [0.717, 1.165) is 5.56 Å². The van der Waals surface area contributed by atoms with Gasteiger partial charge in [0.25, 0.3) is 11.8 Å². The first-order chi connectivity index (χ1) is 19.2. The fourth-order valence-corrected chi connectivity index (χ4v) is 4.65. The van der Waals surface area contributed by atoms with Gasteiger partial charge in [0, 0.05) is 18.7 Å². The van der Waals surface area contributed by atoms with Crippen molar-refractivity contribution in [2.45, 2.75) is 32.2 Å². The molecule has 0 saturated carbocycles. The van der Waals surface area contributed by atoms with E-state index < -0.39 is 5.63 Å². The maximum absolute atomic E-state index is 14.8. The number of nitrogens with zero attached hydrogens (tertiary/aromatic N) is 4. The monoisotopic (exact) mass is 551 g/mol. The number of aromatic nitrogens is 3. The summed E-state index contributed by atoms with van der Waals surface area (Å²) in [6, 6.07) is 2.91. The molecule has 0 radical (unpaired) electrons. The number of carbonyl (C=O) groups is 2. The maximum atomic E-state index is 14.8. The lowest BCUT2D eigenvalue weighted by Crippen LogP contribution is -2.37. The van der Waals surface area contributed by atoms with E-state index in [-0.39, 0.29) is 59.3 Å². The van der Waals surface area contributed by atoms with E-state index in [1.807, 2.05) is 20.2 Å². The minimum absolute atomic E-state index is 0.0165. The van der Waals surface area contributed by atoms with E-state index >= 15 is 0 Å². The fraction of sp³-hybridized carbons (Fsp3) is 0.407. The fourth-order valence-electron chi connectivity index (χ4n) is 4.65. The van der Waals surface area contributed by atoms with Gasteiger partial charge in [0.05, 0.1) is 17.9 Å². The van der Waals surface area contributed by atoms with E-state index in [1.165, 1.54) is 18.5 Å². The molecule has 3 aromatic rings. The summed E-state index contributed by atoms with van der Waals surface area (Å²) >= 11 is 0. The van der Waals surface area contributed by atoms with Crippen LogP contribution in [0.2, 0.25) is 0 Å². The summed E-state index contributed by atoms with van der Waals surface area (Å²) in [5, 5.41) is 8.73. The third-order valence-corrected chi connectivity index (χ3v) is 7.03. The highest BCUT2D eigenvalue weighted by molar-refractivity contribution is 5.95. The highest BCUT2D eigenvalue weighted by atomic mass is 19.1. The standard InChI is InChI=1S/C27H30FN7O5/c1-14(35(2)3)25(37)32-18-8-16-6-15(7-19(16)20(28)9-18)10-29-5-4-17-12-40-27(38)23(31-17)21-11-30-26-24(33-21)34-22(36)13-39-26/h8-9,11-12,14-15,29H,4-7,10,13H2,1-3H3,(H,32,37)(H,33,34,36)/t14-,15?/m1/s1. The highest BCUT2D eigenvalue weighted by Crippen LogP contribution is 2.31. The molecule has 0 saturated heterocycles. The Morgan fingerprint density at radius 1 is 1.25 bits per heavy atom. The van der Waals surface area contributed by atoms with Crippen molar-refractivity contribution >= 4 is 23.3 Å². The first-order valence-corrected chi connectivity index (χ1v) is 13.0. The zero-order valence-corrected chi connectivity index (χ0v) is 22.4. The molecule has 40 heavy (non-hydrogen) atoms. The summed E-state index contributed by atoms with van der Waals surface area (Å²) in [6.45, 7) is 2.85. The third kappa shape index (κ3) is 6.00. The predicted molar refractivity (Wildman–Crippen MR) is 144 cm³/mol. The van der Waals surface area contributed by atoms with Crippen LogP contribution in [0.4, 0.5) is 15.9 Å². The van der Waals surface area contributed by atoms with E-state index in [0.29, 0.717) is 49.3 Å². The van der Waals surface area contributed by atoms with Gasteiger partial charge in [-0.05, 0) is 69.6 Å². The van der Waals surface area contributed by atoms with Crippen molar-refractivity contribution in [2.75, 3.05) is 44.4 Å². The molecule has 2 aliphatic rings. The number of fused-ring (bicyclic) bond motifs is 2. The first kappa shape index (κ1) is 27.3. The minimum Gasteiger partial charge on any atom is -0.465 e. The second-order valence-corrected chi connectivity index (χ2v) is 10.2. The highest BCUT2D eigenvalue weighted by Gasteiger charge is 2.26. The molecule has 0 fully saturated rings. The molecule has 0 spiro atoms. The molecule has 3 N–H and O–H groups in total. The average molecular weight is 552 g/mol. The number of halogens is 1. The molecule has 1 aliphatic heterocycles. The van der Waals surface area contributed by atoms with Gasteiger partial charge in [-0.25, -0.2) is 24.1 Å². The zero-order valence-electron chi connectivity index (χ0n) is 22.4. The smallest absolute Gasteiger partial charge is 0.364 e. The van der Waals surface area contributed by atoms with Crippen molar-refractivity contribution in [1.82, 2.24) is 25.2 Å². The van der Waals surface area contributed by atoms with E-state index in [4.69, 9.17) is 9.15 Å². The number of likely N-dealkylation sites (N-methyl/N-ethyl adjacent to an activating group) is 1. The Hall–Kier alpha value is -4.23. The number of rotatable bonds is 9. The largest absolute Gasteiger partial charge is 0.465 e. The minimum atomic E-state index is -0.675. The molecule has 2 atom stereocenters. The van der Waals surface area contributed by atoms with Crippen molar-refractivity contribution in [1.29, 1.82) is 0 Å². The average Bonchev–Trinajstić information content (AvgIpc) is 3.34. The van der Waals surface area contributed by atoms with Crippen LogP contribution >= 0.6 is 0 Å². The van der Waals surface area contributed by atoms with Gasteiger partial charge in [-0.15, -0.1) is 0 Å². The Morgan fingerprint density at radius 3 is 2.88 bits per heavy atom. The van der Waals surface area contributed by atoms with Crippen LogP contribution in [-0.2, 0) is 28.9 Å². The van der Waals surface area contributed by atoms with E-state index in [2.05, 4.69) is 30.9 Å². The maximum Gasteiger partial charge on any atom is 0.364 e. The summed E-state index contributed by atoms with van der Waals surface area (Å²) < 4.78 is 25.2. The molecule has 1 aliphatic carbocycles. The Balaban J connectivity index is 1.16. The molecule has 5 rings (SSSR count). The van der Waals surface area contributed by atoms with Gasteiger partial charge in [0.2, 0.25) is 5.91 Å². The van der Waals surface area contributed by atoms with Gasteiger partial charge in [0.15, 0.2) is 18.1 Å². The number of carbonyl (C=O) groups excluding carboxylic acids is 2. The van der Waals surface area contributed by atoms with Crippen LogP contribution in [0, 0.1) is 11.7 Å². The summed E-state index contributed by atoms with van der Waals surface area (Å²) in [6.07, 6.45) is 4.43. The number of ether oxygens (including phenoxy) is 1. The Bertz CT molecular complexity index is 1510. The van der Waals surface area contributed by atoms with Crippen molar-refractivity contribution in [3.05, 3.63) is 57.7 Å². The van der Waals surface area contributed by atoms with Crippen molar-refractivity contribution in [2.24, 2.45) is 5.92 Å². The number of hydrogen-bond acceptors (Lipinski definition) is 10. The second-order valence-electron chi connectivity index (χ2n) is 10.2. The van der Waals surface area contributed by atoms with Crippen molar-refractivity contribution in [3.8, 4) is 17.3 Å². The van der Waals surface area contributed by atoms with Gasteiger partial charge in [-0.2, -0.15) is 0 Å². The van der Waals surface area contributed by atoms with Crippen molar-refractivity contribution in [3.63, 3.8) is 0 Å².